The molecule has 0 radical (unpaired) electrons. The van der Waals surface area contributed by atoms with Gasteiger partial charge < -0.3 is 14.9 Å². The van der Waals surface area contributed by atoms with Gasteiger partial charge in [0.25, 0.3) is 5.91 Å². The van der Waals surface area contributed by atoms with Crippen LogP contribution in [-0.2, 0) is 0 Å². The van der Waals surface area contributed by atoms with E-state index in [4.69, 9.17) is 4.74 Å². The smallest absolute Gasteiger partial charge is 0.271 e. The molecule has 23 heavy (non-hydrogen) atoms. The lowest BCUT2D eigenvalue weighted by molar-refractivity contribution is 0.0955. The first kappa shape index (κ1) is 16.4. The van der Waals surface area contributed by atoms with Gasteiger partial charge in [-0.25, -0.2) is 5.43 Å². The Balaban J connectivity index is 1.97. The summed E-state index contributed by atoms with van der Waals surface area (Å²) in [5.74, 6) is 0.134. The summed E-state index contributed by atoms with van der Waals surface area (Å²) >= 11 is 0. The molecule has 0 heterocycles. The Morgan fingerprint density at radius 3 is 2.48 bits per heavy atom. The van der Waals surface area contributed by atoms with E-state index in [2.05, 4.69) is 10.5 Å². The molecule has 0 aromatic heterocycles. The van der Waals surface area contributed by atoms with Crippen molar-refractivity contribution in [3.05, 3.63) is 53.6 Å². The van der Waals surface area contributed by atoms with E-state index in [-0.39, 0.29) is 23.5 Å². The van der Waals surface area contributed by atoms with Crippen LogP contribution in [0.2, 0.25) is 0 Å². The van der Waals surface area contributed by atoms with Crippen LogP contribution in [0, 0.1) is 0 Å². The Kier molecular flexibility index (Phi) is 5.19. The van der Waals surface area contributed by atoms with Crippen molar-refractivity contribution >= 4 is 12.1 Å². The molecule has 0 aliphatic carbocycles. The lowest BCUT2D eigenvalue weighted by Gasteiger charge is -2.09. The molecule has 1 amide bonds. The molecule has 0 aliphatic heterocycles. The molecule has 2 rings (SSSR count). The van der Waals surface area contributed by atoms with Gasteiger partial charge in [0.1, 0.15) is 17.2 Å². The van der Waals surface area contributed by atoms with E-state index in [1.807, 2.05) is 13.8 Å². The van der Waals surface area contributed by atoms with E-state index in [9.17, 15) is 15.0 Å². The third-order valence-corrected chi connectivity index (χ3v) is 2.87. The number of phenolic OH excluding ortho intramolecular Hbond substituents is 2. The second kappa shape index (κ2) is 7.31. The lowest BCUT2D eigenvalue weighted by atomic mass is 10.2. The third-order valence-electron chi connectivity index (χ3n) is 2.87. The fraction of sp³-hybridized carbons (Fsp3) is 0.176. The highest BCUT2D eigenvalue weighted by Gasteiger charge is 2.05. The number of rotatable bonds is 5. The second-order valence-electron chi connectivity index (χ2n) is 5.13. The minimum Gasteiger partial charge on any atom is -0.508 e. The first-order chi connectivity index (χ1) is 11.0. The summed E-state index contributed by atoms with van der Waals surface area (Å²) in [5, 5.41) is 22.6. The van der Waals surface area contributed by atoms with Crippen molar-refractivity contribution in [1.82, 2.24) is 5.43 Å². The molecule has 0 fully saturated rings. The molecule has 2 aromatic rings. The van der Waals surface area contributed by atoms with Gasteiger partial charge >= 0.3 is 0 Å². The summed E-state index contributed by atoms with van der Waals surface area (Å²) in [6.07, 6.45) is 1.36. The summed E-state index contributed by atoms with van der Waals surface area (Å²) in [4.78, 5) is 11.9. The number of phenols is 2. The van der Waals surface area contributed by atoms with Crippen LogP contribution in [0.4, 0.5) is 0 Å². The molecule has 0 saturated carbocycles. The fourth-order valence-electron chi connectivity index (χ4n) is 1.82. The zero-order chi connectivity index (χ0) is 16.8. The first-order valence-electron chi connectivity index (χ1n) is 7.08. The number of ether oxygens (including phenoxy) is 1. The highest BCUT2D eigenvalue weighted by Crippen LogP contribution is 2.20. The highest BCUT2D eigenvalue weighted by molar-refractivity contribution is 5.95. The minimum atomic E-state index is -0.379. The van der Waals surface area contributed by atoms with E-state index in [0.29, 0.717) is 16.9 Å². The SMILES string of the molecule is CC(C)Oc1ccc(C(=O)N/N=C/c2ccc(O)cc2O)cc1. The Labute approximate surface area is 134 Å². The normalized spacial score (nSPS) is 10.9. The number of carbonyl (C=O) groups is 1. The van der Waals surface area contributed by atoms with Crippen LogP contribution in [0.25, 0.3) is 0 Å². The topological polar surface area (TPSA) is 91.2 Å². The van der Waals surface area contributed by atoms with Crippen molar-refractivity contribution in [3.8, 4) is 17.2 Å². The van der Waals surface area contributed by atoms with Crippen LogP contribution in [0.3, 0.4) is 0 Å². The summed E-state index contributed by atoms with van der Waals surface area (Å²) in [6, 6.07) is 10.8. The van der Waals surface area contributed by atoms with Crippen molar-refractivity contribution in [2.75, 3.05) is 0 Å². The van der Waals surface area contributed by atoms with E-state index in [1.165, 1.54) is 24.4 Å². The van der Waals surface area contributed by atoms with E-state index in [0.717, 1.165) is 0 Å². The van der Waals surface area contributed by atoms with Crippen LogP contribution in [0.5, 0.6) is 17.2 Å². The molecule has 0 unspecified atom stereocenters. The molecule has 0 spiro atoms. The predicted molar refractivity (Wildman–Crippen MR) is 87.0 cm³/mol. The molecule has 0 bridgehead atoms. The molecule has 0 atom stereocenters. The van der Waals surface area contributed by atoms with E-state index < -0.39 is 0 Å². The van der Waals surface area contributed by atoms with Gasteiger partial charge in [-0.15, -0.1) is 0 Å². The average Bonchev–Trinajstić information content (AvgIpc) is 2.49. The van der Waals surface area contributed by atoms with Crippen LogP contribution in [-0.4, -0.2) is 28.4 Å². The van der Waals surface area contributed by atoms with Gasteiger partial charge in [-0.05, 0) is 50.2 Å². The minimum absolute atomic E-state index is 0.0487. The van der Waals surface area contributed by atoms with Crippen molar-refractivity contribution < 1.29 is 19.7 Å². The molecule has 6 heteroatoms. The number of amides is 1. The number of hydrogen-bond acceptors (Lipinski definition) is 5. The molecule has 120 valence electrons. The Morgan fingerprint density at radius 2 is 1.87 bits per heavy atom. The number of aromatic hydroxyl groups is 2. The van der Waals surface area contributed by atoms with Crippen molar-refractivity contribution in [2.45, 2.75) is 20.0 Å². The van der Waals surface area contributed by atoms with Crippen LogP contribution in [0.15, 0.2) is 47.6 Å². The number of nitrogens with one attached hydrogen (secondary N) is 1. The Morgan fingerprint density at radius 1 is 1.17 bits per heavy atom. The molecule has 3 N–H and O–H groups in total. The van der Waals surface area contributed by atoms with E-state index >= 15 is 0 Å². The number of carbonyl (C=O) groups excluding carboxylic acids is 1. The van der Waals surface area contributed by atoms with Gasteiger partial charge in [0.05, 0.1) is 12.3 Å². The standard InChI is InChI=1S/C17H18N2O4/c1-11(2)23-15-7-4-12(5-8-15)17(22)19-18-10-13-3-6-14(20)9-16(13)21/h3-11,20-21H,1-2H3,(H,19,22)/b18-10+. The van der Waals surface area contributed by atoms with Crippen molar-refractivity contribution in [2.24, 2.45) is 5.10 Å². The van der Waals surface area contributed by atoms with Crippen molar-refractivity contribution in [1.29, 1.82) is 0 Å². The summed E-state index contributed by atoms with van der Waals surface area (Å²) in [6.45, 7) is 3.85. The number of nitrogens with zero attached hydrogens (tertiary/aromatic N) is 1. The molecule has 2 aromatic carbocycles. The first-order valence-corrected chi connectivity index (χ1v) is 7.08. The molecular weight excluding hydrogens is 296 g/mol. The fourth-order valence-corrected chi connectivity index (χ4v) is 1.82. The molecule has 0 aliphatic rings. The van der Waals surface area contributed by atoms with Gasteiger partial charge in [-0.1, -0.05) is 0 Å². The average molecular weight is 314 g/mol. The summed E-state index contributed by atoms with van der Waals surface area (Å²) < 4.78 is 5.50. The maximum absolute atomic E-state index is 11.9. The predicted octanol–water partition coefficient (Wildman–Crippen LogP) is 2.65. The Hall–Kier alpha value is -3.02. The van der Waals surface area contributed by atoms with Gasteiger partial charge in [-0.3, -0.25) is 4.79 Å². The van der Waals surface area contributed by atoms with E-state index in [1.54, 1.807) is 24.3 Å². The van der Waals surface area contributed by atoms with Gasteiger partial charge in [0, 0.05) is 17.2 Å². The largest absolute Gasteiger partial charge is 0.508 e. The van der Waals surface area contributed by atoms with Crippen molar-refractivity contribution in [3.63, 3.8) is 0 Å². The van der Waals surface area contributed by atoms with Crippen LogP contribution >= 0.6 is 0 Å². The zero-order valence-electron chi connectivity index (χ0n) is 12.9. The van der Waals surface area contributed by atoms with Gasteiger partial charge in [-0.2, -0.15) is 5.10 Å². The number of benzene rings is 2. The quantitative estimate of drug-likeness (QED) is 0.584. The maximum Gasteiger partial charge on any atom is 0.271 e. The zero-order valence-corrected chi connectivity index (χ0v) is 12.9. The number of hydrazone groups is 1. The summed E-state index contributed by atoms with van der Waals surface area (Å²) in [7, 11) is 0. The lowest BCUT2D eigenvalue weighted by Crippen LogP contribution is -2.17. The van der Waals surface area contributed by atoms with Gasteiger partial charge in [0.15, 0.2) is 0 Å². The Bertz CT molecular complexity index is 709. The van der Waals surface area contributed by atoms with Gasteiger partial charge in [0.2, 0.25) is 0 Å². The molecule has 6 nitrogen and oxygen atoms in total. The van der Waals surface area contributed by atoms with Crippen LogP contribution < -0.4 is 10.2 Å². The maximum atomic E-state index is 11.9. The second-order valence-corrected chi connectivity index (χ2v) is 5.13. The molecule has 0 saturated heterocycles. The monoisotopic (exact) mass is 314 g/mol. The van der Waals surface area contributed by atoms with Crippen LogP contribution in [0.1, 0.15) is 29.8 Å². The molecular formula is C17H18N2O4. The summed E-state index contributed by atoms with van der Waals surface area (Å²) in [5.41, 5.74) is 3.18. The highest BCUT2D eigenvalue weighted by atomic mass is 16.5. The number of hydrogen-bond donors (Lipinski definition) is 3. The third kappa shape index (κ3) is 4.74.